The van der Waals surface area contributed by atoms with E-state index < -0.39 is 61.5 Å². The van der Waals surface area contributed by atoms with Gasteiger partial charge in [-0.05, 0) is 6.42 Å². The Kier molecular flexibility index (Phi) is 17.7. The van der Waals surface area contributed by atoms with E-state index in [1.807, 2.05) is 0 Å². The zero-order valence-corrected chi connectivity index (χ0v) is 22.1. The molecule has 1 saturated heterocycles. The summed E-state index contributed by atoms with van der Waals surface area (Å²) >= 11 is 0. The lowest BCUT2D eigenvalue weighted by atomic mass is 9.98. The number of ether oxygens (including phenoxy) is 2. The molecular weight excluding hydrogens is 470 g/mol. The molecule has 0 radical (unpaired) electrons. The molecule has 214 valence electrons. The van der Waals surface area contributed by atoms with Gasteiger partial charge in [-0.15, -0.1) is 0 Å². The third-order valence-electron chi connectivity index (χ3n) is 6.84. The molecule has 36 heavy (non-hydrogen) atoms. The zero-order valence-electron chi connectivity index (χ0n) is 22.1. The molecule has 0 aliphatic carbocycles. The van der Waals surface area contributed by atoms with Crippen molar-refractivity contribution in [2.24, 2.45) is 0 Å². The van der Waals surface area contributed by atoms with Crippen LogP contribution in [0.2, 0.25) is 0 Å². The van der Waals surface area contributed by atoms with Crippen molar-refractivity contribution in [3.63, 3.8) is 0 Å². The summed E-state index contributed by atoms with van der Waals surface area (Å²) in [4.78, 5) is 11.6. The maximum atomic E-state index is 11.6. The molecule has 0 spiro atoms. The molecule has 8 atom stereocenters. The standard InChI is InChI=1S/C26H51NO9/c1-3-4-5-6-7-8-9-10-11-12-13-14-15-20(30)22(31)19(27-18(2)29)17-35-26-25(34)24(33)23(32)21(16-28)36-26/h19-26,28,30-34H,3-17H2,1-2H3,(H,27,29)/t19-,20+,21?,22-,23-,24-,25?,26-/m0/s1. The smallest absolute Gasteiger partial charge is 0.217 e. The van der Waals surface area contributed by atoms with Gasteiger partial charge >= 0.3 is 0 Å². The number of amides is 1. The van der Waals surface area contributed by atoms with Gasteiger partial charge in [-0.2, -0.15) is 0 Å². The van der Waals surface area contributed by atoms with Crippen molar-refractivity contribution < 1.29 is 44.9 Å². The Morgan fingerprint density at radius 1 is 0.861 bits per heavy atom. The fraction of sp³-hybridized carbons (Fsp3) is 0.962. The van der Waals surface area contributed by atoms with Gasteiger partial charge in [-0.25, -0.2) is 0 Å². The largest absolute Gasteiger partial charge is 0.394 e. The Balaban J connectivity index is 2.34. The SMILES string of the molecule is CCCCCCCCCCCCCC[C@@H](O)[C@@H](O)[C@H](CO[C@H]1OC(CO)[C@H](O)[C@H](O)C1O)NC(C)=O. The van der Waals surface area contributed by atoms with Crippen molar-refractivity contribution in [1.29, 1.82) is 0 Å². The maximum absolute atomic E-state index is 11.6. The minimum atomic E-state index is -1.60. The van der Waals surface area contributed by atoms with Crippen LogP contribution in [0.5, 0.6) is 0 Å². The van der Waals surface area contributed by atoms with Crippen molar-refractivity contribution in [2.45, 2.75) is 146 Å². The summed E-state index contributed by atoms with van der Waals surface area (Å²) in [6.45, 7) is 2.58. The highest BCUT2D eigenvalue weighted by Gasteiger charge is 2.44. The summed E-state index contributed by atoms with van der Waals surface area (Å²) in [6.07, 6.45) is 5.07. The Morgan fingerprint density at radius 2 is 1.39 bits per heavy atom. The van der Waals surface area contributed by atoms with Crippen molar-refractivity contribution >= 4 is 5.91 Å². The third-order valence-corrected chi connectivity index (χ3v) is 6.84. The third kappa shape index (κ3) is 12.6. The lowest BCUT2D eigenvalue weighted by Gasteiger charge is -2.40. The van der Waals surface area contributed by atoms with E-state index in [-0.39, 0.29) is 6.61 Å². The van der Waals surface area contributed by atoms with Crippen LogP contribution in [0.25, 0.3) is 0 Å². The second-order valence-corrected chi connectivity index (χ2v) is 10.1. The minimum Gasteiger partial charge on any atom is -0.394 e. The zero-order chi connectivity index (χ0) is 26.9. The molecule has 10 heteroatoms. The first kappa shape index (κ1) is 33.2. The number of hydrogen-bond acceptors (Lipinski definition) is 9. The minimum absolute atomic E-state index is 0.320. The van der Waals surface area contributed by atoms with E-state index in [0.717, 1.165) is 25.7 Å². The lowest BCUT2D eigenvalue weighted by Crippen LogP contribution is -2.60. The Hall–Kier alpha value is -0.850. The maximum Gasteiger partial charge on any atom is 0.217 e. The van der Waals surface area contributed by atoms with Crippen LogP contribution in [0.4, 0.5) is 0 Å². The van der Waals surface area contributed by atoms with Crippen LogP contribution in [-0.2, 0) is 14.3 Å². The molecule has 1 amide bonds. The van der Waals surface area contributed by atoms with Gasteiger partial charge in [0.2, 0.25) is 5.91 Å². The molecular formula is C26H51NO9. The molecule has 0 aromatic heterocycles. The van der Waals surface area contributed by atoms with Crippen LogP contribution >= 0.6 is 0 Å². The molecule has 1 aliphatic rings. The summed E-state index contributed by atoms with van der Waals surface area (Å²) < 4.78 is 10.7. The molecule has 0 saturated carbocycles. The van der Waals surface area contributed by atoms with Crippen molar-refractivity contribution in [1.82, 2.24) is 5.32 Å². The van der Waals surface area contributed by atoms with Gasteiger partial charge in [0.05, 0.1) is 25.4 Å². The van der Waals surface area contributed by atoms with E-state index in [1.165, 1.54) is 58.3 Å². The second kappa shape index (κ2) is 19.3. The molecule has 1 heterocycles. The number of rotatable bonds is 20. The first-order chi connectivity index (χ1) is 17.2. The predicted molar refractivity (Wildman–Crippen MR) is 135 cm³/mol. The molecule has 1 fully saturated rings. The van der Waals surface area contributed by atoms with Crippen LogP contribution in [0, 0.1) is 0 Å². The summed E-state index contributed by atoms with van der Waals surface area (Å²) in [5.41, 5.74) is 0. The fourth-order valence-electron chi connectivity index (χ4n) is 4.52. The number of nitrogens with one attached hydrogen (secondary N) is 1. The fourth-order valence-corrected chi connectivity index (χ4v) is 4.52. The van der Waals surface area contributed by atoms with Crippen molar-refractivity contribution in [3.8, 4) is 0 Å². The highest BCUT2D eigenvalue weighted by Crippen LogP contribution is 2.22. The van der Waals surface area contributed by atoms with E-state index in [4.69, 9.17) is 9.47 Å². The molecule has 7 N–H and O–H groups in total. The molecule has 10 nitrogen and oxygen atoms in total. The average Bonchev–Trinajstić information content (AvgIpc) is 2.86. The summed E-state index contributed by atoms with van der Waals surface area (Å²) in [6, 6.07) is -0.984. The van der Waals surface area contributed by atoms with Gasteiger partial charge in [-0.1, -0.05) is 84.0 Å². The monoisotopic (exact) mass is 521 g/mol. The van der Waals surface area contributed by atoms with Crippen LogP contribution in [0.3, 0.4) is 0 Å². The van der Waals surface area contributed by atoms with Gasteiger partial charge in [0, 0.05) is 6.92 Å². The number of carbonyl (C=O) groups is 1. The van der Waals surface area contributed by atoms with Gasteiger partial charge in [0.15, 0.2) is 6.29 Å². The van der Waals surface area contributed by atoms with Gasteiger partial charge in [-0.3, -0.25) is 4.79 Å². The van der Waals surface area contributed by atoms with Crippen LogP contribution < -0.4 is 5.32 Å². The van der Waals surface area contributed by atoms with Crippen molar-refractivity contribution in [3.05, 3.63) is 0 Å². The molecule has 1 rings (SSSR count). The lowest BCUT2D eigenvalue weighted by molar-refractivity contribution is -0.303. The van der Waals surface area contributed by atoms with E-state index >= 15 is 0 Å². The number of unbranched alkanes of at least 4 members (excludes halogenated alkanes) is 11. The summed E-state index contributed by atoms with van der Waals surface area (Å²) in [5.74, 6) is -0.436. The number of hydrogen-bond donors (Lipinski definition) is 7. The highest BCUT2D eigenvalue weighted by molar-refractivity contribution is 5.73. The number of aliphatic hydroxyl groups is 6. The quantitative estimate of drug-likeness (QED) is 0.116. The van der Waals surface area contributed by atoms with E-state index in [1.54, 1.807) is 0 Å². The molecule has 2 unspecified atom stereocenters. The Morgan fingerprint density at radius 3 is 1.89 bits per heavy atom. The van der Waals surface area contributed by atoms with E-state index in [9.17, 15) is 35.4 Å². The number of carbonyl (C=O) groups excluding carboxylic acids is 1. The first-order valence-corrected chi connectivity index (χ1v) is 13.8. The summed E-state index contributed by atoms with van der Waals surface area (Å²) in [5, 5.41) is 62.8. The molecule has 0 bridgehead atoms. The van der Waals surface area contributed by atoms with E-state index in [2.05, 4.69) is 12.2 Å². The van der Waals surface area contributed by atoms with Gasteiger partial charge in [0.25, 0.3) is 0 Å². The van der Waals surface area contributed by atoms with Crippen LogP contribution in [0.1, 0.15) is 97.3 Å². The topological polar surface area (TPSA) is 169 Å². The van der Waals surface area contributed by atoms with Gasteiger partial charge < -0.3 is 45.4 Å². The van der Waals surface area contributed by atoms with E-state index in [0.29, 0.717) is 6.42 Å². The number of aliphatic hydroxyl groups excluding tert-OH is 6. The summed E-state index contributed by atoms with van der Waals surface area (Å²) in [7, 11) is 0. The Bertz CT molecular complexity index is 566. The molecule has 1 aliphatic heterocycles. The highest BCUT2D eigenvalue weighted by atomic mass is 16.7. The predicted octanol–water partition coefficient (Wildman–Crippen LogP) is 1.12. The van der Waals surface area contributed by atoms with Crippen molar-refractivity contribution in [2.75, 3.05) is 13.2 Å². The average molecular weight is 522 g/mol. The molecule has 0 aromatic carbocycles. The normalized spacial score (nSPS) is 26.9. The van der Waals surface area contributed by atoms with Crippen LogP contribution in [-0.4, -0.2) is 98.7 Å². The second-order valence-electron chi connectivity index (χ2n) is 10.1. The molecule has 0 aromatic rings. The Labute approximate surface area is 216 Å². The first-order valence-electron chi connectivity index (χ1n) is 13.8. The van der Waals surface area contributed by atoms with Gasteiger partial charge in [0.1, 0.15) is 30.5 Å². The van der Waals surface area contributed by atoms with Crippen LogP contribution in [0.15, 0.2) is 0 Å².